The SMILES string of the molecule is CCCCCCCCOC(Br)C(C)O. The van der Waals surface area contributed by atoms with Gasteiger partial charge in [-0.25, -0.2) is 0 Å². The molecule has 0 aromatic carbocycles. The van der Waals surface area contributed by atoms with Gasteiger partial charge in [-0.15, -0.1) is 0 Å². The van der Waals surface area contributed by atoms with Crippen LogP contribution in [0.1, 0.15) is 52.4 Å². The molecule has 0 fully saturated rings. The lowest BCUT2D eigenvalue weighted by molar-refractivity contribution is 0.0259. The largest absolute Gasteiger partial charge is 0.390 e. The van der Waals surface area contributed by atoms with Gasteiger partial charge in [0.1, 0.15) is 5.01 Å². The Morgan fingerprint density at radius 3 is 2.29 bits per heavy atom. The maximum absolute atomic E-state index is 9.12. The number of aliphatic hydroxyl groups is 1. The first-order chi connectivity index (χ1) is 6.68. The summed E-state index contributed by atoms with van der Waals surface area (Å²) in [4.78, 5) is 0. The van der Waals surface area contributed by atoms with E-state index in [-0.39, 0.29) is 5.01 Å². The molecular weight excluding hydrogens is 244 g/mol. The number of alkyl halides is 1. The Hall–Kier alpha value is 0.400. The fraction of sp³-hybridized carbons (Fsp3) is 1.00. The second kappa shape index (κ2) is 9.94. The smallest absolute Gasteiger partial charge is 0.137 e. The van der Waals surface area contributed by atoms with Crippen LogP contribution in [0.25, 0.3) is 0 Å². The van der Waals surface area contributed by atoms with E-state index in [1.807, 2.05) is 0 Å². The first-order valence-corrected chi connectivity index (χ1v) is 6.53. The molecule has 0 aliphatic rings. The molecule has 0 aromatic rings. The van der Waals surface area contributed by atoms with E-state index < -0.39 is 6.10 Å². The van der Waals surface area contributed by atoms with E-state index in [0.29, 0.717) is 0 Å². The highest BCUT2D eigenvalue weighted by molar-refractivity contribution is 9.09. The van der Waals surface area contributed by atoms with Crippen molar-refractivity contribution in [2.45, 2.75) is 63.5 Å². The molecule has 0 aromatic heterocycles. The Bertz CT molecular complexity index is 118. The zero-order valence-corrected chi connectivity index (χ0v) is 10.9. The van der Waals surface area contributed by atoms with Crippen LogP contribution in [-0.2, 0) is 4.74 Å². The van der Waals surface area contributed by atoms with Gasteiger partial charge < -0.3 is 9.84 Å². The van der Waals surface area contributed by atoms with Crippen LogP contribution in [0.15, 0.2) is 0 Å². The number of unbranched alkanes of at least 4 members (excludes halogenated alkanes) is 5. The average molecular weight is 267 g/mol. The second-order valence-corrected chi connectivity index (χ2v) is 4.63. The molecule has 0 saturated heterocycles. The first-order valence-electron chi connectivity index (χ1n) is 5.62. The number of halogens is 1. The average Bonchev–Trinajstić information content (AvgIpc) is 2.16. The van der Waals surface area contributed by atoms with E-state index in [2.05, 4.69) is 22.9 Å². The molecule has 2 atom stereocenters. The lowest BCUT2D eigenvalue weighted by Crippen LogP contribution is -2.20. The molecule has 0 amide bonds. The second-order valence-electron chi connectivity index (χ2n) is 3.73. The fourth-order valence-corrected chi connectivity index (χ4v) is 1.40. The van der Waals surface area contributed by atoms with Crippen LogP contribution in [0.2, 0.25) is 0 Å². The summed E-state index contributed by atoms with van der Waals surface area (Å²) in [6, 6.07) is 0. The van der Waals surface area contributed by atoms with E-state index in [9.17, 15) is 0 Å². The van der Waals surface area contributed by atoms with Crippen LogP contribution >= 0.6 is 15.9 Å². The highest BCUT2D eigenvalue weighted by Gasteiger charge is 2.09. The van der Waals surface area contributed by atoms with Crippen molar-refractivity contribution in [3.8, 4) is 0 Å². The van der Waals surface area contributed by atoms with Gasteiger partial charge in [0.25, 0.3) is 0 Å². The highest BCUT2D eigenvalue weighted by Crippen LogP contribution is 2.10. The fourth-order valence-electron chi connectivity index (χ4n) is 1.22. The van der Waals surface area contributed by atoms with Crippen LogP contribution < -0.4 is 0 Å². The molecule has 0 aliphatic heterocycles. The summed E-state index contributed by atoms with van der Waals surface area (Å²) >= 11 is 3.26. The molecular formula is C11H23BrO2. The molecule has 0 saturated carbocycles. The molecule has 86 valence electrons. The van der Waals surface area contributed by atoms with Crippen molar-refractivity contribution in [3.05, 3.63) is 0 Å². The monoisotopic (exact) mass is 266 g/mol. The molecule has 0 aliphatic carbocycles. The van der Waals surface area contributed by atoms with Crippen molar-refractivity contribution in [2.24, 2.45) is 0 Å². The Morgan fingerprint density at radius 2 is 1.71 bits per heavy atom. The number of hydrogen-bond donors (Lipinski definition) is 1. The topological polar surface area (TPSA) is 29.5 Å². The third-order valence-electron chi connectivity index (χ3n) is 2.15. The lowest BCUT2D eigenvalue weighted by atomic mass is 10.1. The van der Waals surface area contributed by atoms with E-state index >= 15 is 0 Å². The quantitative estimate of drug-likeness (QED) is 0.512. The number of aliphatic hydroxyl groups excluding tert-OH is 1. The first kappa shape index (κ1) is 14.4. The molecule has 2 unspecified atom stereocenters. The van der Waals surface area contributed by atoms with Crippen LogP contribution in [0.4, 0.5) is 0 Å². The maximum atomic E-state index is 9.12. The third-order valence-corrected chi connectivity index (χ3v) is 3.18. The Labute approximate surface area is 96.2 Å². The van der Waals surface area contributed by atoms with Crippen molar-refractivity contribution in [1.29, 1.82) is 0 Å². The van der Waals surface area contributed by atoms with Gasteiger partial charge in [0.05, 0.1) is 6.10 Å². The van der Waals surface area contributed by atoms with E-state index in [1.165, 1.54) is 32.1 Å². The van der Waals surface area contributed by atoms with Crippen molar-refractivity contribution >= 4 is 15.9 Å². The lowest BCUT2D eigenvalue weighted by Gasteiger charge is -2.13. The third kappa shape index (κ3) is 8.97. The Balaban J connectivity index is 3.06. The summed E-state index contributed by atoms with van der Waals surface area (Å²) in [7, 11) is 0. The number of rotatable bonds is 9. The predicted octanol–water partition coefficient (Wildman–Crippen LogP) is 3.47. The van der Waals surface area contributed by atoms with Crippen molar-refractivity contribution in [1.82, 2.24) is 0 Å². The van der Waals surface area contributed by atoms with Crippen LogP contribution in [0.3, 0.4) is 0 Å². The van der Waals surface area contributed by atoms with E-state index in [0.717, 1.165) is 13.0 Å². The zero-order valence-electron chi connectivity index (χ0n) is 9.34. The summed E-state index contributed by atoms with van der Waals surface area (Å²) < 4.78 is 5.38. The highest BCUT2D eigenvalue weighted by atomic mass is 79.9. The summed E-state index contributed by atoms with van der Waals surface area (Å²) in [6.45, 7) is 4.69. The Kier molecular flexibility index (Phi) is 10.2. The molecule has 14 heavy (non-hydrogen) atoms. The summed E-state index contributed by atoms with van der Waals surface area (Å²) in [5.74, 6) is 0. The molecule has 0 rings (SSSR count). The summed E-state index contributed by atoms with van der Waals surface area (Å²) in [5, 5.41) is 8.91. The predicted molar refractivity (Wildman–Crippen MR) is 63.7 cm³/mol. The van der Waals surface area contributed by atoms with Gasteiger partial charge in [0.2, 0.25) is 0 Å². The Morgan fingerprint density at radius 1 is 1.14 bits per heavy atom. The van der Waals surface area contributed by atoms with Crippen molar-refractivity contribution in [3.63, 3.8) is 0 Å². The molecule has 2 nitrogen and oxygen atoms in total. The molecule has 0 radical (unpaired) electrons. The zero-order chi connectivity index (χ0) is 10.8. The van der Waals surface area contributed by atoms with Crippen LogP contribution in [0.5, 0.6) is 0 Å². The van der Waals surface area contributed by atoms with Crippen LogP contribution in [0, 0.1) is 0 Å². The minimum atomic E-state index is -0.435. The minimum absolute atomic E-state index is 0.210. The molecule has 1 N–H and O–H groups in total. The maximum Gasteiger partial charge on any atom is 0.137 e. The van der Waals surface area contributed by atoms with Crippen molar-refractivity contribution in [2.75, 3.05) is 6.61 Å². The minimum Gasteiger partial charge on any atom is -0.390 e. The van der Waals surface area contributed by atoms with Crippen molar-refractivity contribution < 1.29 is 9.84 Å². The van der Waals surface area contributed by atoms with Gasteiger partial charge in [0, 0.05) is 6.61 Å². The summed E-state index contributed by atoms with van der Waals surface area (Å²) in [6.07, 6.45) is 7.18. The standard InChI is InChI=1S/C11H23BrO2/c1-3-4-5-6-7-8-9-14-11(12)10(2)13/h10-11,13H,3-9H2,1-2H3. The normalized spacial score (nSPS) is 15.4. The number of hydrogen-bond acceptors (Lipinski definition) is 2. The van der Waals surface area contributed by atoms with Gasteiger partial charge >= 0.3 is 0 Å². The molecule has 3 heteroatoms. The van der Waals surface area contributed by atoms with Gasteiger partial charge in [0.15, 0.2) is 0 Å². The molecule has 0 bridgehead atoms. The number of ether oxygens (including phenoxy) is 1. The van der Waals surface area contributed by atoms with Gasteiger partial charge in [-0.1, -0.05) is 55.0 Å². The van der Waals surface area contributed by atoms with Gasteiger partial charge in [-0.3, -0.25) is 0 Å². The summed E-state index contributed by atoms with van der Waals surface area (Å²) in [5.41, 5.74) is 0. The van der Waals surface area contributed by atoms with Crippen LogP contribution in [-0.4, -0.2) is 22.8 Å². The van der Waals surface area contributed by atoms with Gasteiger partial charge in [-0.2, -0.15) is 0 Å². The van der Waals surface area contributed by atoms with E-state index in [4.69, 9.17) is 9.84 Å². The molecule has 0 spiro atoms. The molecule has 0 heterocycles. The van der Waals surface area contributed by atoms with E-state index in [1.54, 1.807) is 6.92 Å². The van der Waals surface area contributed by atoms with Gasteiger partial charge in [-0.05, 0) is 13.3 Å².